The molecule has 0 aliphatic carbocycles. The second-order valence-corrected chi connectivity index (χ2v) is 3.73. The number of rotatable bonds is 1. The van der Waals surface area contributed by atoms with E-state index in [-0.39, 0.29) is 5.56 Å². The van der Waals surface area contributed by atoms with Gasteiger partial charge in [-0.15, -0.1) is 0 Å². The number of aryl methyl sites for hydroxylation is 1. The van der Waals surface area contributed by atoms with E-state index in [0.29, 0.717) is 6.07 Å². The molecule has 0 heterocycles. The average Bonchev–Trinajstić information content (AvgIpc) is 2.09. The van der Waals surface area contributed by atoms with Crippen LogP contribution < -0.4 is 0 Å². The zero-order valence-corrected chi connectivity index (χ0v) is 9.24. The Hall–Kier alpha value is -1.01. The molecule has 0 atom stereocenters. The van der Waals surface area contributed by atoms with Crippen LogP contribution in [0.5, 0.6) is 0 Å². The van der Waals surface area contributed by atoms with E-state index in [0.717, 1.165) is 6.92 Å². The van der Waals surface area contributed by atoms with Gasteiger partial charge in [-0.2, -0.15) is 13.2 Å². The molecule has 3 nitrogen and oxygen atoms in total. The maximum absolute atomic E-state index is 12.4. The zero-order chi connectivity index (χ0) is 12.7. The highest BCUT2D eigenvalue weighted by atomic mass is 35.5. The topological polar surface area (TPSA) is 43.1 Å². The number of hydrogen-bond acceptors (Lipinski definition) is 2. The van der Waals surface area contributed by atoms with Gasteiger partial charge >= 0.3 is 6.18 Å². The Morgan fingerprint density at radius 2 is 1.81 bits per heavy atom. The second kappa shape index (κ2) is 4.10. The number of nitro benzene ring substituents is 1. The van der Waals surface area contributed by atoms with Gasteiger partial charge < -0.3 is 0 Å². The van der Waals surface area contributed by atoms with Crippen molar-refractivity contribution in [2.45, 2.75) is 13.1 Å². The number of nitro groups is 1. The molecule has 0 aliphatic rings. The summed E-state index contributed by atoms with van der Waals surface area (Å²) in [5.41, 5.74) is -1.98. The molecular formula is C8H4Cl2F3NO2. The van der Waals surface area contributed by atoms with Crippen LogP contribution in [-0.4, -0.2) is 4.92 Å². The van der Waals surface area contributed by atoms with E-state index in [9.17, 15) is 23.3 Å². The Kier molecular flexibility index (Phi) is 3.35. The standard InChI is InChI=1S/C8H4Cl2F3NO2/c1-3-2-4(8(11,12)13)5(9)6(10)7(3)14(15)16/h2H,1H3. The quantitative estimate of drug-likeness (QED) is 0.568. The van der Waals surface area contributed by atoms with Crippen LogP contribution in [0, 0.1) is 17.0 Å². The fraction of sp³-hybridized carbons (Fsp3) is 0.250. The van der Waals surface area contributed by atoms with E-state index in [1.165, 1.54) is 0 Å². The van der Waals surface area contributed by atoms with Crippen LogP contribution in [0.15, 0.2) is 6.07 Å². The van der Waals surface area contributed by atoms with Crippen molar-refractivity contribution in [3.05, 3.63) is 37.4 Å². The number of nitrogens with zero attached hydrogens (tertiary/aromatic N) is 1. The molecule has 0 N–H and O–H groups in total. The maximum Gasteiger partial charge on any atom is 0.417 e. The molecule has 0 spiro atoms. The Bertz CT molecular complexity index is 460. The van der Waals surface area contributed by atoms with E-state index in [1.54, 1.807) is 0 Å². The predicted octanol–water partition coefficient (Wildman–Crippen LogP) is 4.23. The van der Waals surface area contributed by atoms with Crippen LogP contribution in [0.25, 0.3) is 0 Å². The summed E-state index contributed by atoms with van der Waals surface area (Å²) in [7, 11) is 0. The lowest BCUT2D eigenvalue weighted by Gasteiger charge is -2.11. The number of hydrogen-bond donors (Lipinski definition) is 0. The molecule has 0 aliphatic heterocycles. The third kappa shape index (κ3) is 2.22. The first kappa shape index (κ1) is 13.1. The highest BCUT2D eigenvalue weighted by molar-refractivity contribution is 6.44. The van der Waals surface area contributed by atoms with Crippen molar-refractivity contribution >= 4 is 28.9 Å². The molecule has 88 valence electrons. The van der Waals surface area contributed by atoms with E-state index in [2.05, 4.69) is 0 Å². The van der Waals surface area contributed by atoms with Crippen LogP contribution in [0.1, 0.15) is 11.1 Å². The third-order valence-corrected chi connectivity index (χ3v) is 2.72. The summed E-state index contributed by atoms with van der Waals surface area (Å²) in [6.07, 6.45) is -4.69. The molecule has 0 unspecified atom stereocenters. The van der Waals surface area contributed by atoms with Gasteiger partial charge in [-0.25, -0.2) is 0 Å². The van der Waals surface area contributed by atoms with Crippen molar-refractivity contribution in [3.8, 4) is 0 Å². The van der Waals surface area contributed by atoms with E-state index < -0.39 is 32.4 Å². The molecule has 0 saturated heterocycles. The second-order valence-electron chi connectivity index (χ2n) is 2.97. The maximum atomic E-state index is 12.4. The Morgan fingerprint density at radius 3 is 2.19 bits per heavy atom. The average molecular weight is 274 g/mol. The van der Waals surface area contributed by atoms with Crippen LogP contribution in [0.4, 0.5) is 18.9 Å². The molecule has 0 bridgehead atoms. The molecule has 8 heteroatoms. The minimum absolute atomic E-state index is 0.188. The van der Waals surface area contributed by atoms with Gasteiger partial charge in [0.25, 0.3) is 5.69 Å². The van der Waals surface area contributed by atoms with Gasteiger partial charge in [0.15, 0.2) is 0 Å². The largest absolute Gasteiger partial charge is 0.417 e. The van der Waals surface area contributed by atoms with Gasteiger partial charge in [-0.3, -0.25) is 10.1 Å². The highest BCUT2D eigenvalue weighted by Crippen LogP contribution is 2.43. The Labute approximate surface area is 97.9 Å². The lowest BCUT2D eigenvalue weighted by molar-refractivity contribution is -0.385. The summed E-state index contributed by atoms with van der Waals surface area (Å²) in [6, 6.07) is 0.604. The Balaban J connectivity index is 3.58. The molecule has 0 aromatic heterocycles. The van der Waals surface area contributed by atoms with Crippen molar-refractivity contribution in [2.24, 2.45) is 0 Å². The van der Waals surface area contributed by atoms with Gasteiger partial charge in [0.1, 0.15) is 5.02 Å². The van der Waals surface area contributed by atoms with Crippen molar-refractivity contribution in [1.29, 1.82) is 0 Å². The molecule has 1 aromatic rings. The fourth-order valence-electron chi connectivity index (χ4n) is 1.17. The fourth-order valence-corrected chi connectivity index (χ4v) is 1.74. The summed E-state index contributed by atoms with van der Waals surface area (Å²) < 4.78 is 37.3. The number of halogens is 5. The minimum Gasteiger partial charge on any atom is -0.258 e. The van der Waals surface area contributed by atoms with Crippen LogP contribution in [0.2, 0.25) is 10.0 Å². The first-order valence-corrected chi connectivity index (χ1v) is 4.62. The molecule has 0 amide bonds. The summed E-state index contributed by atoms with van der Waals surface area (Å²) in [6.45, 7) is 1.16. The molecule has 0 saturated carbocycles. The van der Waals surface area contributed by atoms with Gasteiger partial charge in [0, 0.05) is 5.56 Å². The highest BCUT2D eigenvalue weighted by Gasteiger charge is 2.37. The normalized spacial score (nSPS) is 11.6. The molecular weight excluding hydrogens is 270 g/mol. The SMILES string of the molecule is Cc1cc(C(F)(F)F)c(Cl)c(Cl)c1[N+](=O)[O-]. The van der Waals surface area contributed by atoms with Gasteiger partial charge in [0.05, 0.1) is 15.5 Å². The molecule has 0 radical (unpaired) electrons. The van der Waals surface area contributed by atoms with Crippen LogP contribution in [-0.2, 0) is 6.18 Å². The van der Waals surface area contributed by atoms with E-state index in [4.69, 9.17) is 23.2 Å². The van der Waals surface area contributed by atoms with Crippen molar-refractivity contribution < 1.29 is 18.1 Å². The van der Waals surface area contributed by atoms with Crippen LogP contribution >= 0.6 is 23.2 Å². The Morgan fingerprint density at radius 1 is 1.31 bits per heavy atom. The lowest BCUT2D eigenvalue weighted by atomic mass is 10.1. The molecule has 1 aromatic carbocycles. The van der Waals surface area contributed by atoms with Crippen molar-refractivity contribution in [3.63, 3.8) is 0 Å². The predicted molar refractivity (Wildman–Crippen MR) is 52.9 cm³/mol. The van der Waals surface area contributed by atoms with Gasteiger partial charge in [-0.1, -0.05) is 23.2 Å². The van der Waals surface area contributed by atoms with Gasteiger partial charge in [-0.05, 0) is 13.0 Å². The van der Waals surface area contributed by atoms with Crippen molar-refractivity contribution in [1.82, 2.24) is 0 Å². The first-order chi connectivity index (χ1) is 7.16. The lowest BCUT2D eigenvalue weighted by Crippen LogP contribution is -2.08. The van der Waals surface area contributed by atoms with E-state index >= 15 is 0 Å². The van der Waals surface area contributed by atoms with Crippen LogP contribution in [0.3, 0.4) is 0 Å². The number of alkyl halides is 3. The number of benzene rings is 1. The summed E-state index contributed by atoms with van der Waals surface area (Å²) in [5.74, 6) is 0. The summed E-state index contributed by atoms with van der Waals surface area (Å²) in [5, 5.41) is 8.99. The third-order valence-electron chi connectivity index (χ3n) is 1.86. The van der Waals surface area contributed by atoms with E-state index in [1.807, 2.05) is 0 Å². The first-order valence-electron chi connectivity index (χ1n) is 3.86. The minimum atomic E-state index is -4.69. The zero-order valence-electron chi connectivity index (χ0n) is 7.73. The smallest absolute Gasteiger partial charge is 0.258 e. The van der Waals surface area contributed by atoms with Crippen molar-refractivity contribution in [2.75, 3.05) is 0 Å². The molecule has 16 heavy (non-hydrogen) atoms. The monoisotopic (exact) mass is 273 g/mol. The summed E-state index contributed by atoms with van der Waals surface area (Å²) in [4.78, 5) is 9.67. The molecule has 0 fully saturated rings. The summed E-state index contributed by atoms with van der Waals surface area (Å²) >= 11 is 10.8. The molecule has 1 rings (SSSR count). The van der Waals surface area contributed by atoms with Gasteiger partial charge in [0.2, 0.25) is 0 Å².